The summed E-state index contributed by atoms with van der Waals surface area (Å²) in [6.45, 7) is 8.21. The lowest BCUT2D eigenvalue weighted by Gasteiger charge is -2.35. The SMILES string of the molecule is CC(C)Cn1ccnc(N2CCC(C(=O)N3CCCCC3)CC2)c1=O. The number of hydrogen-bond donors (Lipinski definition) is 0. The van der Waals surface area contributed by atoms with Crippen molar-refractivity contribution in [1.82, 2.24) is 14.5 Å². The van der Waals surface area contributed by atoms with Crippen molar-refractivity contribution >= 4 is 11.7 Å². The molecule has 138 valence electrons. The van der Waals surface area contributed by atoms with Gasteiger partial charge in [0.15, 0.2) is 5.82 Å². The Kier molecular flexibility index (Phi) is 5.76. The van der Waals surface area contributed by atoms with Gasteiger partial charge >= 0.3 is 0 Å². The van der Waals surface area contributed by atoms with Gasteiger partial charge in [-0.1, -0.05) is 13.8 Å². The Morgan fingerprint density at radius 3 is 2.48 bits per heavy atom. The average molecular weight is 346 g/mol. The molecule has 0 saturated carbocycles. The minimum Gasteiger partial charge on any atom is -0.352 e. The lowest BCUT2D eigenvalue weighted by atomic mass is 9.94. The van der Waals surface area contributed by atoms with Crippen molar-refractivity contribution in [2.45, 2.75) is 52.5 Å². The van der Waals surface area contributed by atoms with Crippen molar-refractivity contribution in [3.05, 3.63) is 22.7 Å². The van der Waals surface area contributed by atoms with Crippen LogP contribution in [0.15, 0.2) is 17.2 Å². The second-order valence-corrected chi connectivity index (χ2v) is 7.75. The van der Waals surface area contributed by atoms with Crippen LogP contribution in [0.4, 0.5) is 5.82 Å². The molecule has 25 heavy (non-hydrogen) atoms. The minimum atomic E-state index is -0.0167. The van der Waals surface area contributed by atoms with Crippen LogP contribution in [-0.4, -0.2) is 46.5 Å². The Morgan fingerprint density at radius 2 is 1.84 bits per heavy atom. The van der Waals surface area contributed by atoms with Gasteiger partial charge in [-0.3, -0.25) is 9.59 Å². The summed E-state index contributed by atoms with van der Waals surface area (Å²) in [6, 6.07) is 0. The second-order valence-electron chi connectivity index (χ2n) is 7.75. The summed E-state index contributed by atoms with van der Waals surface area (Å²) in [5.74, 6) is 1.38. The van der Waals surface area contributed by atoms with Crippen LogP contribution in [0.3, 0.4) is 0 Å². The largest absolute Gasteiger partial charge is 0.352 e. The molecule has 0 bridgehead atoms. The van der Waals surface area contributed by atoms with Crippen molar-refractivity contribution in [3.63, 3.8) is 0 Å². The molecule has 1 aromatic rings. The third kappa shape index (κ3) is 4.22. The van der Waals surface area contributed by atoms with E-state index < -0.39 is 0 Å². The first kappa shape index (κ1) is 18.0. The molecule has 0 spiro atoms. The number of rotatable bonds is 4. The highest BCUT2D eigenvalue weighted by Crippen LogP contribution is 2.23. The highest BCUT2D eigenvalue weighted by Gasteiger charge is 2.30. The molecule has 2 aliphatic rings. The van der Waals surface area contributed by atoms with Crippen LogP contribution >= 0.6 is 0 Å². The fourth-order valence-electron chi connectivity index (χ4n) is 3.90. The number of hydrogen-bond acceptors (Lipinski definition) is 4. The van der Waals surface area contributed by atoms with Crippen molar-refractivity contribution < 1.29 is 4.79 Å². The first-order valence-corrected chi connectivity index (χ1v) is 9.65. The van der Waals surface area contributed by atoms with E-state index in [1.54, 1.807) is 17.0 Å². The fourth-order valence-corrected chi connectivity index (χ4v) is 3.90. The summed E-state index contributed by atoms with van der Waals surface area (Å²) in [5.41, 5.74) is -0.0167. The summed E-state index contributed by atoms with van der Waals surface area (Å²) in [6.07, 6.45) is 8.61. The Labute approximate surface area is 149 Å². The molecular weight excluding hydrogens is 316 g/mol. The molecule has 3 rings (SSSR count). The number of anilines is 1. The van der Waals surface area contributed by atoms with Gasteiger partial charge in [-0.25, -0.2) is 4.98 Å². The number of carbonyl (C=O) groups is 1. The highest BCUT2D eigenvalue weighted by molar-refractivity contribution is 5.79. The molecule has 0 aromatic carbocycles. The van der Waals surface area contributed by atoms with Crippen LogP contribution in [0.1, 0.15) is 46.0 Å². The van der Waals surface area contributed by atoms with Gasteiger partial charge in [-0.05, 0) is 38.0 Å². The Hall–Kier alpha value is -1.85. The van der Waals surface area contributed by atoms with Gasteiger partial charge in [0.25, 0.3) is 5.56 Å². The van der Waals surface area contributed by atoms with E-state index in [1.807, 2.05) is 4.90 Å². The predicted octanol–water partition coefficient (Wildman–Crippen LogP) is 2.13. The van der Waals surface area contributed by atoms with Crippen molar-refractivity contribution in [2.75, 3.05) is 31.1 Å². The van der Waals surface area contributed by atoms with Crippen LogP contribution in [0.2, 0.25) is 0 Å². The van der Waals surface area contributed by atoms with Gasteiger partial charge in [0.05, 0.1) is 0 Å². The van der Waals surface area contributed by atoms with E-state index in [-0.39, 0.29) is 11.5 Å². The standard InChI is InChI=1S/C19H30N4O2/c1-15(2)14-23-13-8-20-17(19(23)25)21-11-6-16(7-12-21)18(24)22-9-4-3-5-10-22/h8,13,15-16H,3-7,9-12,14H2,1-2H3. The van der Waals surface area contributed by atoms with Crippen LogP contribution in [0.25, 0.3) is 0 Å². The van der Waals surface area contributed by atoms with E-state index in [4.69, 9.17) is 0 Å². The first-order valence-electron chi connectivity index (χ1n) is 9.65. The predicted molar refractivity (Wildman–Crippen MR) is 98.7 cm³/mol. The van der Waals surface area contributed by atoms with Gasteiger partial charge in [0.1, 0.15) is 0 Å². The zero-order valence-corrected chi connectivity index (χ0v) is 15.5. The van der Waals surface area contributed by atoms with Crippen molar-refractivity contribution in [2.24, 2.45) is 11.8 Å². The third-order valence-corrected chi connectivity index (χ3v) is 5.27. The number of piperidine rings is 2. The molecule has 2 aliphatic heterocycles. The number of amides is 1. The summed E-state index contributed by atoms with van der Waals surface area (Å²) >= 11 is 0. The Morgan fingerprint density at radius 1 is 1.16 bits per heavy atom. The lowest BCUT2D eigenvalue weighted by Crippen LogP contribution is -2.45. The number of likely N-dealkylation sites (tertiary alicyclic amines) is 1. The Bertz CT molecular complexity index is 641. The smallest absolute Gasteiger partial charge is 0.293 e. The van der Waals surface area contributed by atoms with E-state index in [1.165, 1.54) is 6.42 Å². The second kappa shape index (κ2) is 8.02. The summed E-state index contributed by atoms with van der Waals surface area (Å²) in [7, 11) is 0. The Balaban J connectivity index is 1.62. The van der Waals surface area contributed by atoms with Crippen LogP contribution in [0.5, 0.6) is 0 Å². The van der Waals surface area contributed by atoms with E-state index >= 15 is 0 Å². The maximum atomic E-state index is 12.7. The summed E-state index contributed by atoms with van der Waals surface area (Å²) in [5, 5.41) is 0. The van der Waals surface area contributed by atoms with Gasteiger partial charge in [0, 0.05) is 51.0 Å². The minimum absolute atomic E-state index is 0.0167. The van der Waals surface area contributed by atoms with Gasteiger partial charge < -0.3 is 14.4 Å². The number of aromatic nitrogens is 2. The van der Waals surface area contributed by atoms with Crippen LogP contribution in [-0.2, 0) is 11.3 Å². The third-order valence-electron chi connectivity index (χ3n) is 5.27. The average Bonchev–Trinajstić information content (AvgIpc) is 2.63. The summed E-state index contributed by atoms with van der Waals surface area (Å²) in [4.78, 5) is 33.7. The monoisotopic (exact) mass is 346 g/mol. The fraction of sp³-hybridized carbons (Fsp3) is 0.737. The van der Waals surface area contributed by atoms with E-state index in [9.17, 15) is 9.59 Å². The van der Waals surface area contributed by atoms with Crippen molar-refractivity contribution in [3.8, 4) is 0 Å². The molecule has 3 heterocycles. The maximum absolute atomic E-state index is 12.7. The first-order chi connectivity index (χ1) is 12.1. The molecule has 6 heteroatoms. The molecule has 0 atom stereocenters. The molecule has 2 saturated heterocycles. The highest BCUT2D eigenvalue weighted by atomic mass is 16.2. The number of nitrogens with zero attached hydrogens (tertiary/aromatic N) is 4. The quantitative estimate of drug-likeness (QED) is 0.838. The molecular formula is C19H30N4O2. The zero-order chi connectivity index (χ0) is 17.8. The molecule has 2 fully saturated rings. The van der Waals surface area contributed by atoms with Gasteiger partial charge in [-0.15, -0.1) is 0 Å². The zero-order valence-electron chi connectivity index (χ0n) is 15.5. The van der Waals surface area contributed by atoms with Gasteiger partial charge in [-0.2, -0.15) is 0 Å². The van der Waals surface area contributed by atoms with Crippen molar-refractivity contribution in [1.29, 1.82) is 0 Å². The topological polar surface area (TPSA) is 58.4 Å². The molecule has 0 aliphatic carbocycles. The summed E-state index contributed by atoms with van der Waals surface area (Å²) < 4.78 is 1.75. The van der Waals surface area contributed by atoms with E-state index in [2.05, 4.69) is 23.7 Å². The molecule has 0 radical (unpaired) electrons. The molecule has 6 nitrogen and oxygen atoms in total. The van der Waals surface area contributed by atoms with Crippen LogP contribution < -0.4 is 10.5 Å². The maximum Gasteiger partial charge on any atom is 0.293 e. The van der Waals surface area contributed by atoms with Crippen LogP contribution in [0, 0.1) is 11.8 Å². The molecule has 1 aromatic heterocycles. The molecule has 0 N–H and O–H groups in total. The van der Waals surface area contributed by atoms with Gasteiger partial charge in [0.2, 0.25) is 5.91 Å². The molecule has 1 amide bonds. The van der Waals surface area contributed by atoms with E-state index in [0.717, 1.165) is 51.9 Å². The number of carbonyl (C=O) groups excluding carboxylic acids is 1. The normalized spacial score (nSPS) is 19.5. The lowest BCUT2D eigenvalue weighted by molar-refractivity contribution is -0.137. The molecule has 0 unspecified atom stereocenters. The van der Waals surface area contributed by atoms with E-state index in [0.29, 0.717) is 24.2 Å².